The van der Waals surface area contributed by atoms with Crippen LogP contribution in [0.1, 0.15) is 52.7 Å². The van der Waals surface area contributed by atoms with Gasteiger partial charge in [-0.3, -0.25) is 0 Å². The number of aromatic nitrogens is 1. The van der Waals surface area contributed by atoms with Crippen LogP contribution in [0.25, 0.3) is 0 Å². The van der Waals surface area contributed by atoms with E-state index in [0.717, 1.165) is 38.9 Å². The van der Waals surface area contributed by atoms with Gasteiger partial charge in [-0.05, 0) is 52.2 Å². The van der Waals surface area contributed by atoms with Gasteiger partial charge in [0.05, 0.1) is 0 Å². The summed E-state index contributed by atoms with van der Waals surface area (Å²) in [6.07, 6.45) is 5.26. The molecule has 0 unspecified atom stereocenters. The maximum atomic E-state index is 12.3. The predicted molar refractivity (Wildman–Crippen MR) is 92.4 cm³/mol. The number of hydrogen-bond donors (Lipinski definition) is 1. The van der Waals surface area contributed by atoms with Crippen molar-refractivity contribution in [2.24, 2.45) is 0 Å². The zero-order valence-electron chi connectivity index (χ0n) is 15.0. The monoisotopic (exact) mass is 321 g/mol. The van der Waals surface area contributed by atoms with Gasteiger partial charge in [-0.25, -0.2) is 4.79 Å². The molecule has 1 N–H and O–H groups in total. The zero-order valence-corrected chi connectivity index (χ0v) is 15.0. The number of hydrogen-bond acceptors (Lipinski definition) is 3. The van der Waals surface area contributed by atoms with Crippen LogP contribution in [0.4, 0.5) is 4.79 Å². The van der Waals surface area contributed by atoms with E-state index in [2.05, 4.69) is 35.1 Å². The second-order valence-corrected chi connectivity index (χ2v) is 7.27. The van der Waals surface area contributed by atoms with Crippen molar-refractivity contribution in [2.75, 3.05) is 13.1 Å². The van der Waals surface area contributed by atoms with E-state index < -0.39 is 5.60 Å². The molecule has 1 saturated carbocycles. The summed E-state index contributed by atoms with van der Waals surface area (Å²) in [7, 11) is 0. The first-order valence-electron chi connectivity index (χ1n) is 8.75. The van der Waals surface area contributed by atoms with Crippen molar-refractivity contribution in [3.63, 3.8) is 0 Å². The second kappa shape index (κ2) is 7.86. The fourth-order valence-corrected chi connectivity index (χ4v) is 2.61. The summed E-state index contributed by atoms with van der Waals surface area (Å²) in [4.78, 5) is 14.2. The topological polar surface area (TPSA) is 46.5 Å². The molecular formula is C18H31N3O2. The van der Waals surface area contributed by atoms with Crippen molar-refractivity contribution in [3.8, 4) is 0 Å². The highest BCUT2D eigenvalue weighted by Crippen LogP contribution is 2.28. The highest BCUT2D eigenvalue weighted by atomic mass is 16.6. The van der Waals surface area contributed by atoms with Crippen LogP contribution in [-0.4, -0.2) is 40.3 Å². The van der Waals surface area contributed by atoms with Gasteiger partial charge < -0.3 is 19.5 Å². The lowest BCUT2D eigenvalue weighted by atomic mass is 10.2. The first-order valence-corrected chi connectivity index (χ1v) is 8.75. The van der Waals surface area contributed by atoms with E-state index in [4.69, 9.17) is 4.74 Å². The molecule has 0 spiro atoms. The molecule has 1 aliphatic carbocycles. The molecule has 0 radical (unpaired) electrons. The van der Waals surface area contributed by atoms with Gasteiger partial charge in [0.2, 0.25) is 0 Å². The molecular weight excluding hydrogens is 290 g/mol. The Morgan fingerprint density at radius 1 is 1.43 bits per heavy atom. The zero-order chi connectivity index (χ0) is 16.9. The molecule has 1 aromatic rings. The third-order valence-electron chi connectivity index (χ3n) is 3.84. The molecule has 0 aliphatic heterocycles. The molecule has 2 rings (SSSR count). The average Bonchev–Trinajstić information content (AvgIpc) is 3.18. The second-order valence-electron chi connectivity index (χ2n) is 7.27. The van der Waals surface area contributed by atoms with Crippen LogP contribution >= 0.6 is 0 Å². The number of nitrogens with zero attached hydrogens (tertiary/aromatic N) is 2. The smallest absolute Gasteiger partial charge is 0.410 e. The van der Waals surface area contributed by atoms with Crippen molar-refractivity contribution in [1.29, 1.82) is 0 Å². The molecule has 1 aliphatic rings. The minimum atomic E-state index is -0.432. The van der Waals surface area contributed by atoms with Crippen LogP contribution in [0.2, 0.25) is 0 Å². The Balaban J connectivity index is 1.76. The van der Waals surface area contributed by atoms with Crippen molar-refractivity contribution in [1.82, 2.24) is 14.8 Å². The number of carbonyl (C=O) groups is 1. The standard InChI is InChI=1S/C18H31N3O2/c1-5-11-20-12-6-7-16(20)14-19-10-13-21(15-8-9-15)17(22)23-18(2,3)4/h6-7,12,15,19H,5,8-11,13-14H2,1-4H3. The summed E-state index contributed by atoms with van der Waals surface area (Å²) in [6, 6.07) is 4.61. The number of amides is 1. The Morgan fingerprint density at radius 3 is 2.78 bits per heavy atom. The van der Waals surface area contributed by atoms with Crippen LogP contribution in [0.5, 0.6) is 0 Å². The van der Waals surface area contributed by atoms with Gasteiger partial charge in [-0.1, -0.05) is 6.92 Å². The van der Waals surface area contributed by atoms with Gasteiger partial charge >= 0.3 is 6.09 Å². The molecule has 1 amide bonds. The van der Waals surface area contributed by atoms with Crippen LogP contribution in [0, 0.1) is 0 Å². The number of carbonyl (C=O) groups excluding carboxylic acids is 1. The van der Waals surface area contributed by atoms with Gasteiger partial charge in [-0.2, -0.15) is 0 Å². The number of ether oxygens (including phenoxy) is 1. The lowest BCUT2D eigenvalue weighted by Gasteiger charge is -2.27. The largest absolute Gasteiger partial charge is 0.444 e. The molecule has 1 fully saturated rings. The highest BCUT2D eigenvalue weighted by Gasteiger charge is 2.34. The number of rotatable bonds is 8. The van der Waals surface area contributed by atoms with Gasteiger partial charge in [0.25, 0.3) is 0 Å². The summed E-state index contributed by atoms with van der Waals surface area (Å²) in [5.41, 5.74) is 0.862. The quantitative estimate of drug-likeness (QED) is 0.747. The van der Waals surface area contributed by atoms with Crippen LogP contribution in [0.3, 0.4) is 0 Å². The molecule has 130 valence electrons. The summed E-state index contributed by atoms with van der Waals surface area (Å²) in [5, 5.41) is 3.45. The molecule has 0 atom stereocenters. The summed E-state index contributed by atoms with van der Waals surface area (Å²) >= 11 is 0. The Labute approximate surface area is 140 Å². The fraction of sp³-hybridized carbons (Fsp3) is 0.722. The summed E-state index contributed by atoms with van der Waals surface area (Å²) < 4.78 is 7.79. The lowest BCUT2D eigenvalue weighted by Crippen LogP contribution is -2.41. The molecule has 5 nitrogen and oxygen atoms in total. The minimum Gasteiger partial charge on any atom is -0.444 e. The van der Waals surface area contributed by atoms with E-state index in [0.29, 0.717) is 12.6 Å². The summed E-state index contributed by atoms with van der Waals surface area (Å²) in [5.74, 6) is 0. The van der Waals surface area contributed by atoms with Crippen molar-refractivity contribution in [3.05, 3.63) is 24.0 Å². The van der Waals surface area contributed by atoms with Crippen molar-refractivity contribution >= 4 is 6.09 Å². The molecule has 0 bridgehead atoms. The molecule has 1 heterocycles. The Hall–Kier alpha value is -1.49. The van der Waals surface area contributed by atoms with E-state index >= 15 is 0 Å². The third-order valence-corrected chi connectivity index (χ3v) is 3.84. The van der Waals surface area contributed by atoms with Crippen molar-refractivity contribution < 1.29 is 9.53 Å². The van der Waals surface area contributed by atoms with Gasteiger partial charge in [0, 0.05) is 44.1 Å². The Morgan fingerprint density at radius 2 is 2.17 bits per heavy atom. The predicted octanol–water partition coefficient (Wildman–Crippen LogP) is 3.39. The highest BCUT2D eigenvalue weighted by molar-refractivity contribution is 5.69. The molecule has 1 aromatic heterocycles. The van der Waals surface area contributed by atoms with Gasteiger partial charge in [0.15, 0.2) is 0 Å². The molecule has 5 heteroatoms. The lowest BCUT2D eigenvalue weighted by molar-refractivity contribution is 0.0236. The van der Waals surface area contributed by atoms with Crippen molar-refractivity contribution in [2.45, 2.75) is 71.7 Å². The van der Waals surface area contributed by atoms with Crippen LogP contribution in [-0.2, 0) is 17.8 Å². The normalized spacial score (nSPS) is 14.8. The van der Waals surface area contributed by atoms with E-state index in [1.807, 2.05) is 25.7 Å². The molecule has 0 aromatic carbocycles. The maximum absolute atomic E-state index is 12.3. The van der Waals surface area contributed by atoms with E-state index in [1.165, 1.54) is 5.69 Å². The van der Waals surface area contributed by atoms with Gasteiger partial charge in [-0.15, -0.1) is 0 Å². The van der Waals surface area contributed by atoms with Crippen LogP contribution < -0.4 is 5.32 Å². The third kappa shape index (κ3) is 5.90. The van der Waals surface area contributed by atoms with E-state index in [1.54, 1.807) is 0 Å². The van der Waals surface area contributed by atoms with Crippen LogP contribution in [0.15, 0.2) is 18.3 Å². The van der Waals surface area contributed by atoms with E-state index in [-0.39, 0.29) is 6.09 Å². The Bertz CT molecular complexity index is 501. The minimum absolute atomic E-state index is 0.184. The Kier molecular flexibility index (Phi) is 6.10. The first kappa shape index (κ1) is 17.9. The van der Waals surface area contributed by atoms with Gasteiger partial charge in [0.1, 0.15) is 5.60 Å². The van der Waals surface area contributed by atoms with E-state index in [9.17, 15) is 4.79 Å². The SMILES string of the molecule is CCCn1cccc1CNCCN(C(=O)OC(C)(C)C)C1CC1. The number of nitrogens with one attached hydrogen (secondary N) is 1. The maximum Gasteiger partial charge on any atom is 0.410 e. The summed E-state index contributed by atoms with van der Waals surface area (Å²) in [6.45, 7) is 11.3. The average molecular weight is 321 g/mol. The molecule has 0 saturated heterocycles. The fourth-order valence-electron chi connectivity index (χ4n) is 2.61. The number of aryl methyl sites for hydroxylation is 1. The molecule has 23 heavy (non-hydrogen) atoms. The first-order chi connectivity index (χ1) is 10.9.